The van der Waals surface area contributed by atoms with E-state index in [1.54, 1.807) is 6.07 Å². The molecule has 0 spiro atoms. The van der Waals surface area contributed by atoms with Gasteiger partial charge in [0.15, 0.2) is 0 Å². The number of oxime groups is 1. The second-order valence-corrected chi connectivity index (χ2v) is 5.01. The molecule has 2 heterocycles. The molecule has 0 saturated heterocycles. The molecule has 0 aliphatic carbocycles. The van der Waals surface area contributed by atoms with Crippen LogP contribution in [0.4, 0.5) is 15.8 Å². The SMILES string of the molecule is O=C1Nc2cc(F)ccc2/C1=C1/Nc2ccccc2/C1=N/O. The highest BCUT2D eigenvalue weighted by Gasteiger charge is 2.34. The summed E-state index contributed by atoms with van der Waals surface area (Å²) >= 11 is 0. The zero-order valence-electron chi connectivity index (χ0n) is 11.2. The Kier molecular flexibility index (Phi) is 2.53. The number of nitrogens with zero attached hydrogens (tertiary/aromatic N) is 1. The van der Waals surface area contributed by atoms with Crippen molar-refractivity contribution in [2.45, 2.75) is 0 Å². The van der Waals surface area contributed by atoms with Crippen molar-refractivity contribution in [2.24, 2.45) is 5.16 Å². The minimum Gasteiger partial charge on any atom is -0.410 e. The Morgan fingerprint density at radius 2 is 1.82 bits per heavy atom. The smallest absolute Gasteiger partial charge is 0.258 e. The second-order valence-electron chi connectivity index (χ2n) is 5.01. The highest BCUT2D eigenvalue weighted by atomic mass is 19.1. The lowest BCUT2D eigenvalue weighted by atomic mass is 10.0. The number of fused-ring (bicyclic) bond motifs is 2. The predicted octanol–water partition coefficient (Wildman–Crippen LogP) is 2.79. The van der Waals surface area contributed by atoms with Crippen molar-refractivity contribution in [3.63, 3.8) is 0 Å². The summed E-state index contributed by atoms with van der Waals surface area (Å²) in [4.78, 5) is 12.3. The van der Waals surface area contributed by atoms with E-state index in [2.05, 4.69) is 15.8 Å². The number of hydrogen-bond acceptors (Lipinski definition) is 4. The maximum atomic E-state index is 13.3. The van der Waals surface area contributed by atoms with Crippen molar-refractivity contribution in [3.05, 3.63) is 65.1 Å². The average molecular weight is 295 g/mol. The summed E-state index contributed by atoms with van der Waals surface area (Å²) in [5.74, 6) is -0.791. The van der Waals surface area contributed by atoms with Gasteiger partial charge in [0.05, 0.1) is 17.0 Å². The molecule has 2 aliphatic heterocycles. The quantitative estimate of drug-likeness (QED) is 0.397. The van der Waals surface area contributed by atoms with Gasteiger partial charge in [0.1, 0.15) is 11.5 Å². The largest absolute Gasteiger partial charge is 0.410 e. The van der Waals surface area contributed by atoms with Crippen LogP contribution in [0.5, 0.6) is 0 Å². The lowest BCUT2D eigenvalue weighted by Crippen LogP contribution is -2.12. The molecule has 0 aromatic heterocycles. The lowest BCUT2D eigenvalue weighted by molar-refractivity contribution is -0.110. The Bertz CT molecular complexity index is 887. The number of halogens is 1. The monoisotopic (exact) mass is 295 g/mol. The summed E-state index contributed by atoms with van der Waals surface area (Å²) in [5.41, 5.74) is 3.46. The van der Waals surface area contributed by atoms with E-state index in [0.29, 0.717) is 28.1 Å². The molecule has 4 rings (SSSR count). The standard InChI is InChI=1S/C16H10FN3O2/c17-8-5-6-9-12(7-8)19-16(21)13(9)15-14(20-22)10-3-1-2-4-11(10)18-15/h1-7,18,22H,(H,19,21)/b15-13-,20-14-. The third kappa shape index (κ3) is 1.64. The van der Waals surface area contributed by atoms with Crippen LogP contribution in [0.3, 0.4) is 0 Å². The van der Waals surface area contributed by atoms with Gasteiger partial charge in [-0.05, 0) is 24.3 Å². The first-order valence-electron chi connectivity index (χ1n) is 6.63. The second kappa shape index (κ2) is 4.42. The Balaban J connectivity index is 1.96. The Hall–Kier alpha value is -3.15. The molecule has 22 heavy (non-hydrogen) atoms. The van der Waals surface area contributed by atoms with Crippen LogP contribution >= 0.6 is 0 Å². The van der Waals surface area contributed by atoms with Crippen LogP contribution < -0.4 is 10.6 Å². The fraction of sp³-hybridized carbons (Fsp3) is 0. The first kappa shape index (κ1) is 12.6. The van der Waals surface area contributed by atoms with Crippen LogP contribution in [0.15, 0.2) is 53.3 Å². The summed E-state index contributed by atoms with van der Waals surface area (Å²) in [7, 11) is 0. The summed E-state index contributed by atoms with van der Waals surface area (Å²) in [5, 5.41) is 18.4. The number of rotatable bonds is 0. The van der Waals surface area contributed by atoms with Crippen LogP contribution in [-0.4, -0.2) is 16.8 Å². The number of amides is 1. The van der Waals surface area contributed by atoms with Gasteiger partial charge in [-0.2, -0.15) is 0 Å². The van der Waals surface area contributed by atoms with Gasteiger partial charge in [0.25, 0.3) is 5.91 Å². The maximum absolute atomic E-state index is 13.3. The molecular weight excluding hydrogens is 285 g/mol. The number of carbonyl (C=O) groups is 1. The number of para-hydroxylation sites is 1. The summed E-state index contributed by atoms with van der Waals surface area (Å²) < 4.78 is 13.3. The van der Waals surface area contributed by atoms with Crippen LogP contribution in [0.1, 0.15) is 11.1 Å². The Morgan fingerprint density at radius 1 is 1.00 bits per heavy atom. The molecular formula is C16H10FN3O2. The van der Waals surface area contributed by atoms with Gasteiger partial charge in [-0.15, -0.1) is 0 Å². The number of benzene rings is 2. The van der Waals surface area contributed by atoms with Crippen molar-refractivity contribution in [3.8, 4) is 0 Å². The summed E-state index contributed by atoms with van der Waals surface area (Å²) in [6.45, 7) is 0. The molecule has 2 aromatic rings. The molecule has 6 heteroatoms. The summed E-state index contributed by atoms with van der Waals surface area (Å²) in [6, 6.07) is 11.4. The number of allylic oxidation sites excluding steroid dienone is 1. The van der Waals surface area contributed by atoms with Gasteiger partial charge < -0.3 is 15.8 Å². The lowest BCUT2D eigenvalue weighted by Gasteiger charge is -2.05. The Morgan fingerprint density at radius 3 is 2.64 bits per heavy atom. The van der Waals surface area contributed by atoms with Gasteiger partial charge >= 0.3 is 0 Å². The van der Waals surface area contributed by atoms with E-state index in [-0.39, 0.29) is 11.6 Å². The number of carbonyl (C=O) groups excluding carboxylic acids is 1. The molecule has 108 valence electrons. The molecule has 0 atom stereocenters. The maximum Gasteiger partial charge on any atom is 0.258 e. The summed E-state index contributed by atoms with van der Waals surface area (Å²) in [6.07, 6.45) is 0. The zero-order valence-corrected chi connectivity index (χ0v) is 11.2. The van der Waals surface area contributed by atoms with Gasteiger partial charge in [0.2, 0.25) is 0 Å². The van der Waals surface area contributed by atoms with E-state index in [1.807, 2.05) is 18.2 Å². The normalized spacial score (nSPS) is 20.6. The molecule has 0 unspecified atom stereocenters. The predicted molar refractivity (Wildman–Crippen MR) is 80.3 cm³/mol. The van der Waals surface area contributed by atoms with Crippen LogP contribution in [0.2, 0.25) is 0 Å². The molecule has 2 aromatic carbocycles. The van der Waals surface area contributed by atoms with Gasteiger partial charge in [-0.3, -0.25) is 4.79 Å². The van der Waals surface area contributed by atoms with E-state index in [0.717, 1.165) is 5.69 Å². The van der Waals surface area contributed by atoms with E-state index < -0.39 is 5.82 Å². The van der Waals surface area contributed by atoms with Crippen LogP contribution in [0, 0.1) is 5.82 Å². The number of nitrogens with one attached hydrogen (secondary N) is 2. The molecule has 0 saturated carbocycles. The van der Waals surface area contributed by atoms with E-state index in [9.17, 15) is 14.4 Å². The van der Waals surface area contributed by atoms with Gasteiger partial charge in [-0.25, -0.2) is 4.39 Å². The fourth-order valence-electron chi connectivity index (χ4n) is 2.81. The minimum absolute atomic E-state index is 0.290. The molecule has 1 amide bonds. The molecule has 2 aliphatic rings. The van der Waals surface area contributed by atoms with Crippen molar-refractivity contribution in [1.29, 1.82) is 0 Å². The highest BCUT2D eigenvalue weighted by molar-refractivity contribution is 6.39. The minimum atomic E-state index is -0.427. The van der Waals surface area contributed by atoms with E-state index in [1.165, 1.54) is 18.2 Å². The van der Waals surface area contributed by atoms with Crippen LogP contribution in [-0.2, 0) is 4.79 Å². The first-order chi connectivity index (χ1) is 10.7. The average Bonchev–Trinajstić information content (AvgIpc) is 3.02. The van der Waals surface area contributed by atoms with Crippen molar-refractivity contribution in [1.82, 2.24) is 0 Å². The van der Waals surface area contributed by atoms with Crippen molar-refractivity contribution in [2.75, 3.05) is 10.6 Å². The molecule has 0 radical (unpaired) electrons. The number of hydrogen-bond donors (Lipinski definition) is 3. The van der Waals surface area contributed by atoms with Crippen LogP contribution in [0.25, 0.3) is 5.57 Å². The first-order valence-corrected chi connectivity index (χ1v) is 6.63. The molecule has 0 fully saturated rings. The third-order valence-electron chi connectivity index (χ3n) is 3.75. The van der Waals surface area contributed by atoms with E-state index >= 15 is 0 Å². The number of anilines is 2. The Labute approximate surface area is 124 Å². The third-order valence-corrected chi connectivity index (χ3v) is 3.75. The van der Waals surface area contributed by atoms with E-state index in [4.69, 9.17) is 0 Å². The molecule has 0 bridgehead atoms. The van der Waals surface area contributed by atoms with Gasteiger partial charge in [0, 0.05) is 16.8 Å². The zero-order chi connectivity index (χ0) is 15.3. The van der Waals surface area contributed by atoms with Gasteiger partial charge in [-0.1, -0.05) is 23.4 Å². The topological polar surface area (TPSA) is 73.7 Å². The van der Waals surface area contributed by atoms with Crippen molar-refractivity contribution < 1.29 is 14.4 Å². The fourth-order valence-corrected chi connectivity index (χ4v) is 2.81. The highest BCUT2D eigenvalue weighted by Crippen LogP contribution is 2.39. The molecule has 3 N–H and O–H groups in total. The van der Waals surface area contributed by atoms with Crippen molar-refractivity contribution >= 4 is 28.6 Å². The molecule has 5 nitrogen and oxygen atoms in total.